The maximum absolute atomic E-state index is 11.0. The Bertz CT molecular complexity index is 1180. The molecule has 3 aromatic carbocycles. The molecule has 0 atom stereocenters. The Morgan fingerprint density at radius 2 is 1.62 bits per heavy atom. The number of hydrogen-bond acceptors (Lipinski definition) is 5. The fraction of sp³-hybridized carbons (Fsp3) is 0.154. The molecule has 0 unspecified atom stereocenters. The van der Waals surface area contributed by atoms with Crippen LogP contribution in [0.3, 0.4) is 0 Å². The normalized spacial score (nSPS) is 10.7. The number of para-hydroxylation sites is 1. The van der Waals surface area contributed by atoms with Gasteiger partial charge in [-0.05, 0) is 49.4 Å². The van der Waals surface area contributed by atoms with Gasteiger partial charge < -0.3 is 19.0 Å². The van der Waals surface area contributed by atoms with Crippen LogP contribution in [-0.2, 0) is 17.6 Å². The molecule has 0 bridgehead atoms. The number of carboxylic acid groups (broad SMARTS) is 1. The van der Waals surface area contributed by atoms with Gasteiger partial charge in [0, 0.05) is 17.5 Å². The molecule has 1 heterocycles. The highest BCUT2D eigenvalue weighted by molar-refractivity contribution is 5.71. The molecule has 32 heavy (non-hydrogen) atoms. The zero-order valence-electron chi connectivity index (χ0n) is 17.7. The summed E-state index contributed by atoms with van der Waals surface area (Å²) in [6.07, 6.45) is 0.536. The van der Waals surface area contributed by atoms with Crippen LogP contribution in [-0.4, -0.2) is 22.7 Å². The van der Waals surface area contributed by atoms with E-state index in [1.165, 1.54) is 0 Å². The number of aromatic nitrogens is 1. The van der Waals surface area contributed by atoms with Crippen LogP contribution in [0.1, 0.15) is 17.0 Å². The molecule has 0 fully saturated rings. The summed E-state index contributed by atoms with van der Waals surface area (Å²) in [6, 6.07) is 24.1. The Morgan fingerprint density at radius 3 is 2.38 bits per heavy atom. The minimum absolute atomic E-state index is 0.0924. The van der Waals surface area contributed by atoms with Crippen molar-refractivity contribution in [2.75, 3.05) is 6.61 Å². The Balaban J connectivity index is 1.33. The molecule has 0 aliphatic heterocycles. The summed E-state index contributed by atoms with van der Waals surface area (Å²) < 4.78 is 17.5. The van der Waals surface area contributed by atoms with Gasteiger partial charge in [-0.3, -0.25) is 4.79 Å². The average molecular weight is 429 g/mol. The van der Waals surface area contributed by atoms with Crippen LogP contribution in [0.25, 0.3) is 11.5 Å². The first-order chi connectivity index (χ1) is 15.6. The van der Waals surface area contributed by atoms with Gasteiger partial charge in [0.15, 0.2) is 0 Å². The minimum Gasteiger partial charge on any atom is -0.493 e. The minimum atomic E-state index is -0.900. The Morgan fingerprint density at radius 1 is 0.938 bits per heavy atom. The van der Waals surface area contributed by atoms with Crippen LogP contribution < -0.4 is 9.47 Å². The standard InChI is InChI=1S/C26H23NO5/c1-18-23(27-26(31-18)19-7-3-2-4-8-19)15-16-30-21-11-13-22(14-12-21)32-24-10-6-5-9-20(24)17-25(28)29/h2-14H,15-17H2,1H3,(H,28,29). The lowest BCUT2D eigenvalue weighted by atomic mass is 10.1. The molecule has 4 aromatic rings. The highest BCUT2D eigenvalue weighted by atomic mass is 16.5. The summed E-state index contributed by atoms with van der Waals surface area (Å²) in [5.41, 5.74) is 2.44. The summed E-state index contributed by atoms with van der Waals surface area (Å²) in [7, 11) is 0. The lowest BCUT2D eigenvalue weighted by molar-refractivity contribution is -0.136. The van der Waals surface area contributed by atoms with Gasteiger partial charge >= 0.3 is 5.97 Å². The quantitative estimate of drug-likeness (QED) is 0.368. The SMILES string of the molecule is Cc1oc(-c2ccccc2)nc1CCOc1ccc(Oc2ccccc2CC(=O)O)cc1. The number of aryl methyl sites for hydroxylation is 1. The number of ether oxygens (including phenoxy) is 2. The fourth-order valence-electron chi connectivity index (χ4n) is 3.27. The molecule has 0 aliphatic rings. The van der Waals surface area contributed by atoms with E-state index in [9.17, 15) is 4.79 Å². The summed E-state index contributed by atoms with van der Waals surface area (Å²) in [5, 5.41) is 9.05. The highest BCUT2D eigenvalue weighted by Gasteiger charge is 2.12. The molecular formula is C26H23NO5. The summed E-state index contributed by atoms with van der Waals surface area (Å²) in [5.74, 6) is 2.34. The van der Waals surface area contributed by atoms with Crippen molar-refractivity contribution < 1.29 is 23.8 Å². The van der Waals surface area contributed by atoms with Gasteiger partial charge in [0.25, 0.3) is 0 Å². The van der Waals surface area contributed by atoms with Gasteiger partial charge in [-0.1, -0.05) is 36.4 Å². The number of carboxylic acids is 1. The van der Waals surface area contributed by atoms with Crippen molar-refractivity contribution in [3.05, 3.63) is 95.9 Å². The lowest BCUT2D eigenvalue weighted by Gasteiger charge is -2.11. The van der Waals surface area contributed by atoms with E-state index in [0.717, 1.165) is 17.0 Å². The second-order valence-electron chi connectivity index (χ2n) is 7.24. The molecule has 162 valence electrons. The number of benzene rings is 3. The fourth-order valence-corrected chi connectivity index (χ4v) is 3.27. The number of carbonyl (C=O) groups is 1. The molecule has 6 heteroatoms. The summed E-state index contributed by atoms with van der Waals surface area (Å²) >= 11 is 0. The zero-order valence-corrected chi connectivity index (χ0v) is 17.7. The van der Waals surface area contributed by atoms with Crippen LogP contribution in [0.4, 0.5) is 0 Å². The largest absolute Gasteiger partial charge is 0.493 e. The third-order valence-electron chi connectivity index (χ3n) is 4.89. The molecule has 0 spiro atoms. The van der Waals surface area contributed by atoms with Crippen molar-refractivity contribution in [2.24, 2.45) is 0 Å². The zero-order chi connectivity index (χ0) is 22.3. The van der Waals surface area contributed by atoms with Crippen LogP contribution in [0, 0.1) is 6.92 Å². The van der Waals surface area contributed by atoms with Crippen molar-refractivity contribution in [3.8, 4) is 28.7 Å². The first-order valence-electron chi connectivity index (χ1n) is 10.3. The molecule has 0 saturated heterocycles. The van der Waals surface area contributed by atoms with Gasteiger partial charge in [-0.2, -0.15) is 0 Å². The van der Waals surface area contributed by atoms with Crippen LogP contribution >= 0.6 is 0 Å². The van der Waals surface area contributed by atoms with E-state index in [1.807, 2.05) is 55.5 Å². The molecule has 0 aliphatic carbocycles. The van der Waals surface area contributed by atoms with Crippen LogP contribution in [0.5, 0.6) is 17.2 Å². The smallest absolute Gasteiger partial charge is 0.307 e. The molecular weight excluding hydrogens is 406 g/mol. The Kier molecular flexibility index (Phi) is 6.51. The second-order valence-corrected chi connectivity index (χ2v) is 7.24. The van der Waals surface area contributed by atoms with E-state index in [2.05, 4.69) is 4.98 Å². The van der Waals surface area contributed by atoms with E-state index in [-0.39, 0.29) is 6.42 Å². The number of oxazole rings is 1. The first-order valence-corrected chi connectivity index (χ1v) is 10.3. The van der Waals surface area contributed by atoms with Gasteiger partial charge in [0.2, 0.25) is 5.89 Å². The third kappa shape index (κ3) is 5.35. The van der Waals surface area contributed by atoms with E-state index in [1.54, 1.807) is 30.3 Å². The second kappa shape index (κ2) is 9.83. The van der Waals surface area contributed by atoms with Crippen molar-refractivity contribution in [3.63, 3.8) is 0 Å². The first kappa shape index (κ1) is 21.2. The monoisotopic (exact) mass is 429 g/mol. The van der Waals surface area contributed by atoms with E-state index in [0.29, 0.717) is 41.7 Å². The maximum atomic E-state index is 11.0. The third-order valence-corrected chi connectivity index (χ3v) is 4.89. The Hall–Kier alpha value is -4.06. The number of rotatable bonds is 9. The van der Waals surface area contributed by atoms with E-state index >= 15 is 0 Å². The van der Waals surface area contributed by atoms with Gasteiger partial charge in [-0.15, -0.1) is 0 Å². The number of nitrogens with zero attached hydrogens (tertiary/aromatic N) is 1. The van der Waals surface area contributed by atoms with Crippen molar-refractivity contribution in [1.29, 1.82) is 0 Å². The van der Waals surface area contributed by atoms with Crippen LogP contribution in [0.15, 0.2) is 83.3 Å². The Labute approximate surface area is 186 Å². The summed E-state index contributed by atoms with van der Waals surface area (Å²) in [6.45, 7) is 2.37. The predicted molar refractivity (Wildman–Crippen MR) is 120 cm³/mol. The average Bonchev–Trinajstić information content (AvgIpc) is 3.17. The lowest BCUT2D eigenvalue weighted by Crippen LogP contribution is -2.03. The van der Waals surface area contributed by atoms with Crippen molar-refractivity contribution >= 4 is 5.97 Å². The van der Waals surface area contributed by atoms with E-state index in [4.69, 9.17) is 19.0 Å². The van der Waals surface area contributed by atoms with Gasteiger partial charge in [0.05, 0.1) is 18.7 Å². The molecule has 4 rings (SSSR count). The molecule has 0 amide bonds. The topological polar surface area (TPSA) is 81.8 Å². The van der Waals surface area contributed by atoms with Crippen LogP contribution in [0.2, 0.25) is 0 Å². The van der Waals surface area contributed by atoms with Crippen molar-refractivity contribution in [1.82, 2.24) is 4.98 Å². The van der Waals surface area contributed by atoms with E-state index < -0.39 is 5.97 Å². The molecule has 6 nitrogen and oxygen atoms in total. The highest BCUT2D eigenvalue weighted by Crippen LogP contribution is 2.27. The number of hydrogen-bond donors (Lipinski definition) is 1. The van der Waals surface area contributed by atoms with Gasteiger partial charge in [0.1, 0.15) is 23.0 Å². The van der Waals surface area contributed by atoms with Gasteiger partial charge in [-0.25, -0.2) is 4.98 Å². The molecule has 1 N–H and O–H groups in total. The molecule has 0 radical (unpaired) electrons. The summed E-state index contributed by atoms with van der Waals surface area (Å²) in [4.78, 5) is 15.6. The molecule has 0 saturated carbocycles. The predicted octanol–water partition coefficient (Wildman–Crippen LogP) is 5.69. The van der Waals surface area contributed by atoms with Crippen molar-refractivity contribution in [2.45, 2.75) is 19.8 Å². The molecule has 1 aromatic heterocycles. The number of aliphatic carboxylic acids is 1. The maximum Gasteiger partial charge on any atom is 0.307 e.